The average Bonchev–Trinajstić information content (AvgIpc) is 3.18. The molecule has 1 fully saturated rings. The van der Waals surface area contributed by atoms with E-state index in [4.69, 9.17) is 0 Å². The highest BCUT2D eigenvalue weighted by molar-refractivity contribution is 9.11. The third kappa shape index (κ3) is 3.15. The highest BCUT2D eigenvalue weighted by Crippen LogP contribution is 2.40. The zero-order chi connectivity index (χ0) is 14.9. The zero-order valence-corrected chi connectivity index (χ0v) is 13.9. The van der Waals surface area contributed by atoms with Gasteiger partial charge in [0.05, 0.1) is 5.69 Å². The number of rotatable bonds is 4. The van der Waals surface area contributed by atoms with E-state index in [0.717, 1.165) is 12.8 Å². The van der Waals surface area contributed by atoms with Gasteiger partial charge in [-0.15, -0.1) is 0 Å². The van der Waals surface area contributed by atoms with Crippen molar-refractivity contribution in [2.24, 2.45) is 5.92 Å². The maximum atomic E-state index is 12.0. The molecule has 2 rings (SSSR count). The zero-order valence-electron chi connectivity index (χ0n) is 10.7. The van der Waals surface area contributed by atoms with Crippen LogP contribution in [0.15, 0.2) is 27.1 Å². The van der Waals surface area contributed by atoms with Crippen LogP contribution in [0.25, 0.3) is 0 Å². The van der Waals surface area contributed by atoms with Crippen LogP contribution >= 0.6 is 31.9 Å². The smallest absolute Gasteiger partial charge is 0.329 e. The molecule has 1 aromatic rings. The third-order valence-electron chi connectivity index (χ3n) is 3.41. The Balaban J connectivity index is 2.11. The normalized spacial score (nSPS) is 17.1. The molecule has 0 saturated heterocycles. The number of halogens is 2. The van der Waals surface area contributed by atoms with E-state index in [1.54, 1.807) is 19.1 Å². The summed E-state index contributed by atoms with van der Waals surface area (Å²) in [6, 6.07) is 4.87. The highest BCUT2D eigenvalue weighted by atomic mass is 79.9. The molecular formula is C13H14Br2N2O3. The molecule has 1 aliphatic rings. The molecule has 1 aliphatic carbocycles. The van der Waals surface area contributed by atoms with Crippen LogP contribution in [-0.2, 0) is 4.79 Å². The third-order valence-corrected chi connectivity index (χ3v) is 4.73. The van der Waals surface area contributed by atoms with Crippen molar-refractivity contribution in [3.63, 3.8) is 0 Å². The Kier molecular flexibility index (Phi) is 4.39. The van der Waals surface area contributed by atoms with Crippen molar-refractivity contribution in [3.05, 3.63) is 27.1 Å². The number of hydrogen-bond acceptors (Lipinski definition) is 2. The van der Waals surface area contributed by atoms with E-state index >= 15 is 0 Å². The Bertz CT molecular complexity index is 540. The molecule has 108 valence electrons. The lowest BCUT2D eigenvalue weighted by Gasteiger charge is -2.26. The molecule has 0 heterocycles. The number of carboxylic acids is 1. The molecule has 3 N–H and O–H groups in total. The highest BCUT2D eigenvalue weighted by Gasteiger charge is 2.48. The van der Waals surface area contributed by atoms with Gasteiger partial charge >= 0.3 is 12.0 Å². The van der Waals surface area contributed by atoms with Crippen molar-refractivity contribution in [2.75, 3.05) is 5.32 Å². The van der Waals surface area contributed by atoms with E-state index in [-0.39, 0.29) is 5.92 Å². The molecule has 20 heavy (non-hydrogen) atoms. The Hall–Kier alpha value is -1.08. The number of anilines is 1. The Morgan fingerprint density at radius 1 is 1.30 bits per heavy atom. The van der Waals surface area contributed by atoms with E-state index in [1.807, 2.05) is 6.07 Å². The summed E-state index contributed by atoms with van der Waals surface area (Å²) in [5.74, 6) is -1.02. The molecular weight excluding hydrogens is 392 g/mol. The first-order chi connectivity index (χ1) is 9.34. The van der Waals surface area contributed by atoms with Gasteiger partial charge in [0.2, 0.25) is 0 Å². The molecule has 1 unspecified atom stereocenters. The summed E-state index contributed by atoms with van der Waals surface area (Å²) in [5.41, 5.74) is -0.661. The maximum absolute atomic E-state index is 12.0. The van der Waals surface area contributed by atoms with Crippen LogP contribution in [0.4, 0.5) is 10.5 Å². The second-order valence-corrected chi connectivity index (χ2v) is 6.67. The molecule has 7 heteroatoms. The van der Waals surface area contributed by atoms with E-state index in [2.05, 4.69) is 42.5 Å². The number of benzene rings is 1. The van der Waals surface area contributed by atoms with Gasteiger partial charge in [0.15, 0.2) is 0 Å². The van der Waals surface area contributed by atoms with E-state index in [1.165, 1.54) is 0 Å². The van der Waals surface area contributed by atoms with Crippen molar-refractivity contribution < 1.29 is 14.7 Å². The van der Waals surface area contributed by atoms with Gasteiger partial charge < -0.3 is 15.7 Å². The Morgan fingerprint density at radius 2 is 1.85 bits per heavy atom. The topological polar surface area (TPSA) is 78.4 Å². The van der Waals surface area contributed by atoms with Gasteiger partial charge in [0.1, 0.15) is 5.54 Å². The summed E-state index contributed by atoms with van der Waals surface area (Å²) >= 11 is 6.67. The fraction of sp³-hybridized carbons (Fsp3) is 0.385. The summed E-state index contributed by atoms with van der Waals surface area (Å²) < 4.78 is 1.43. The second kappa shape index (κ2) is 5.73. The summed E-state index contributed by atoms with van der Waals surface area (Å²) in [4.78, 5) is 23.4. The lowest BCUT2D eigenvalue weighted by Crippen LogP contribution is -2.55. The summed E-state index contributed by atoms with van der Waals surface area (Å²) in [5, 5.41) is 14.5. The first-order valence-corrected chi connectivity index (χ1v) is 7.70. The van der Waals surface area contributed by atoms with Crippen molar-refractivity contribution in [3.8, 4) is 0 Å². The van der Waals surface area contributed by atoms with Crippen molar-refractivity contribution >= 4 is 49.5 Å². The minimum absolute atomic E-state index is 0.00611. The molecule has 0 radical (unpaired) electrons. The number of amides is 2. The fourth-order valence-corrected chi connectivity index (χ4v) is 3.19. The van der Waals surface area contributed by atoms with Gasteiger partial charge in [-0.25, -0.2) is 9.59 Å². The van der Waals surface area contributed by atoms with E-state index in [9.17, 15) is 14.7 Å². The van der Waals surface area contributed by atoms with Crippen LogP contribution in [0.1, 0.15) is 19.8 Å². The number of nitrogens with one attached hydrogen (secondary N) is 2. The molecule has 5 nitrogen and oxygen atoms in total. The van der Waals surface area contributed by atoms with Crippen molar-refractivity contribution in [2.45, 2.75) is 25.3 Å². The Labute approximate surface area is 133 Å². The van der Waals surface area contributed by atoms with Gasteiger partial charge in [0, 0.05) is 8.95 Å². The number of carboxylic acid groups (broad SMARTS) is 1. The minimum atomic E-state index is -1.22. The number of urea groups is 1. The van der Waals surface area contributed by atoms with Gasteiger partial charge in [-0.3, -0.25) is 0 Å². The van der Waals surface area contributed by atoms with Crippen LogP contribution in [0.5, 0.6) is 0 Å². The van der Waals surface area contributed by atoms with Crippen LogP contribution in [0, 0.1) is 5.92 Å². The number of carbonyl (C=O) groups is 2. The quantitative estimate of drug-likeness (QED) is 0.716. The Morgan fingerprint density at radius 3 is 2.30 bits per heavy atom. The largest absolute Gasteiger partial charge is 0.480 e. The van der Waals surface area contributed by atoms with Gasteiger partial charge in [-0.2, -0.15) is 0 Å². The number of para-hydroxylation sites is 1. The van der Waals surface area contributed by atoms with Crippen LogP contribution in [0.3, 0.4) is 0 Å². The predicted molar refractivity (Wildman–Crippen MR) is 82.8 cm³/mol. The lowest BCUT2D eigenvalue weighted by atomic mass is 9.96. The van der Waals surface area contributed by atoms with E-state index < -0.39 is 17.5 Å². The molecule has 2 amide bonds. The monoisotopic (exact) mass is 404 g/mol. The SMILES string of the molecule is CC(NC(=O)Nc1c(Br)cccc1Br)(C(=O)O)C1CC1. The molecule has 0 aromatic heterocycles. The minimum Gasteiger partial charge on any atom is -0.480 e. The first kappa shape index (κ1) is 15.3. The molecule has 0 aliphatic heterocycles. The molecule has 0 bridgehead atoms. The predicted octanol–water partition coefficient (Wildman–Crippen LogP) is 3.59. The molecule has 0 spiro atoms. The number of aliphatic carboxylic acids is 1. The number of hydrogen-bond donors (Lipinski definition) is 3. The molecule has 1 saturated carbocycles. The molecule has 1 atom stereocenters. The van der Waals surface area contributed by atoms with Crippen LogP contribution < -0.4 is 10.6 Å². The summed E-state index contributed by atoms with van der Waals surface area (Å²) in [7, 11) is 0. The summed E-state index contributed by atoms with van der Waals surface area (Å²) in [6.45, 7) is 1.54. The van der Waals surface area contributed by atoms with Gasteiger partial charge in [-0.05, 0) is 69.7 Å². The molecule has 1 aromatic carbocycles. The standard InChI is InChI=1S/C13H14Br2N2O3/c1-13(11(18)19,7-5-6-7)17-12(20)16-10-8(14)3-2-4-9(10)15/h2-4,7H,5-6H2,1H3,(H,18,19)(H2,16,17,20). The van der Waals surface area contributed by atoms with Crippen LogP contribution in [-0.4, -0.2) is 22.6 Å². The van der Waals surface area contributed by atoms with Gasteiger partial charge in [0.25, 0.3) is 0 Å². The van der Waals surface area contributed by atoms with E-state index in [0.29, 0.717) is 14.6 Å². The first-order valence-electron chi connectivity index (χ1n) is 6.11. The average molecular weight is 406 g/mol. The lowest BCUT2D eigenvalue weighted by molar-refractivity contribution is -0.144. The second-order valence-electron chi connectivity index (χ2n) is 4.96. The fourth-order valence-electron chi connectivity index (χ4n) is 1.99. The summed E-state index contributed by atoms with van der Waals surface area (Å²) in [6.07, 6.45) is 1.64. The maximum Gasteiger partial charge on any atom is 0.329 e. The number of carbonyl (C=O) groups excluding carboxylic acids is 1. The van der Waals surface area contributed by atoms with Gasteiger partial charge in [-0.1, -0.05) is 6.07 Å². The van der Waals surface area contributed by atoms with Crippen LogP contribution in [0.2, 0.25) is 0 Å². The van der Waals surface area contributed by atoms with Crippen molar-refractivity contribution in [1.29, 1.82) is 0 Å². The van der Waals surface area contributed by atoms with Crippen molar-refractivity contribution in [1.82, 2.24) is 5.32 Å².